The van der Waals surface area contributed by atoms with E-state index >= 15 is 0 Å². The highest BCUT2D eigenvalue weighted by Crippen LogP contribution is 2.44. The predicted octanol–water partition coefficient (Wildman–Crippen LogP) is 2.80. The van der Waals surface area contributed by atoms with Crippen LogP contribution >= 0.6 is 0 Å². The van der Waals surface area contributed by atoms with E-state index in [2.05, 4.69) is 22.9 Å². The largest absolute Gasteiger partial charge is 0.480 e. The number of nitrogens with zero attached hydrogens (tertiary/aromatic N) is 1. The Morgan fingerprint density at radius 2 is 1.74 bits per heavy atom. The number of hydrazine groups is 1. The van der Waals surface area contributed by atoms with Crippen molar-refractivity contribution in [2.45, 2.75) is 50.6 Å². The first-order valence-electron chi connectivity index (χ1n) is 11.3. The number of hydrogen-bond donors (Lipinski definition) is 3. The highest BCUT2D eigenvalue weighted by molar-refractivity contribution is 5.93. The molecule has 2 aliphatic rings. The zero-order valence-corrected chi connectivity index (χ0v) is 18.8. The van der Waals surface area contributed by atoms with Gasteiger partial charge < -0.3 is 15.2 Å². The van der Waals surface area contributed by atoms with E-state index in [0.29, 0.717) is 12.8 Å². The fourth-order valence-electron chi connectivity index (χ4n) is 4.65. The summed E-state index contributed by atoms with van der Waals surface area (Å²) in [6, 6.07) is 14.2. The highest BCUT2D eigenvalue weighted by Gasteiger charge is 2.39. The lowest BCUT2D eigenvalue weighted by Gasteiger charge is -2.24. The first-order chi connectivity index (χ1) is 16.4. The van der Waals surface area contributed by atoms with Crippen molar-refractivity contribution in [3.63, 3.8) is 0 Å². The molecule has 4 rings (SSSR count). The number of aliphatic carboxylic acids is 1. The number of amides is 3. The Balaban J connectivity index is 1.38. The van der Waals surface area contributed by atoms with E-state index in [-0.39, 0.29) is 25.4 Å². The van der Waals surface area contributed by atoms with Gasteiger partial charge in [0.1, 0.15) is 6.61 Å². The number of alkyl carbamates (subject to hydrolysis) is 1. The van der Waals surface area contributed by atoms with Gasteiger partial charge in [0.15, 0.2) is 6.04 Å². The average Bonchev–Trinajstić information content (AvgIpc) is 3.36. The second-order valence-electron chi connectivity index (χ2n) is 8.52. The molecule has 3 amide bonds. The molecule has 0 saturated carbocycles. The van der Waals surface area contributed by atoms with Gasteiger partial charge in [-0.3, -0.25) is 15.0 Å². The number of ether oxygens (including phenoxy) is 1. The van der Waals surface area contributed by atoms with Gasteiger partial charge in [0.25, 0.3) is 0 Å². The van der Waals surface area contributed by atoms with Gasteiger partial charge in [-0.05, 0) is 28.7 Å². The van der Waals surface area contributed by atoms with Crippen LogP contribution in [-0.4, -0.2) is 52.7 Å². The monoisotopic (exact) mass is 465 g/mol. The molecule has 1 unspecified atom stereocenters. The highest BCUT2D eigenvalue weighted by atomic mass is 16.5. The van der Waals surface area contributed by atoms with Crippen LogP contribution in [0, 0.1) is 0 Å². The zero-order valence-electron chi connectivity index (χ0n) is 18.8. The Kier molecular flexibility index (Phi) is 6.81. The topological polar surface area (TPSA) is 125 Å². The summed E-state index contributed by atoms with van der Waals surface area (Å²) >= 11 is 0. The van der Waals surface area contributed by atoms with Crippen molar-refractivity contribution in [2.75, 3.05) is 6.61 Å². The van der Waals surface area contributed by atoms with Gasteiger partial charge in [0.2, 0.25) is 11.8 Å². The molecular formula is C25H27N3O6. The summed E-state index contributed by atoms with van der Waals surface area (Å²) in [6.07, 6.45) is 0.0982. The van der Waals surface area contributed by atoms with Crippen LogP contribution in [0.5, 0.6) is 0 Å². The molecule has 34 heavy (non-hydrogen) atoms. The van der Waals surface area contributed by atoms with E-state index in [0.717, 1.165) is 27.3 Å². The van der Waals surface area contributed by atoms with Crippen molar-refractivity contribution in [3.8, 4) is 11.1 Å². The number of nitrogens with one attached hydrogen (secondary N) is 2. The van der Waals surface area contributed by atoms with E-state index in [1.165, 1.54) is 0 Å². The Bertz CT molecular complexity index is 1070. The summed E-state index contributed by atoms with van der Waals surface area (Å²) in [4.78, 5) is 48.2. The SMILES string of the molecule is CCC[C@H](CC(=O)N1NC(=O)CC1C(=O)O)NC(=O)OCC1c2ccccc2-c2ccccc21. The molecule has 2 aromatic rings. The molecule has 0 spiro atoms. The molecule has 1 heterocycles. The van der Waals surface area contributed by atoms with Gasteiger partial charge in [0, 0.05) is 18.4 Å². The molecule has 0 aromatic heterocycles. The Morgan fingerprint density at radius 3 is 2.32 bits per heavy atom. The first-order valence-corrected chi connectivity index (χ1v) is 11.3. The van der Waals surface area contributed by atoms with Gasteiger partial charge in [-0.1, -0.05) is 61.9 Å². The number of carboxylic acids is 1. The first kappa shape index (κ1) is 23.3. The van der Waals surface area contributed by atoms with Gasteiger partial charge in [-0.15, -0.1) is 0 Å². The fourth-order valence-corrected chi connectivity index (χ4v) is 4.65. The third-order valence-corrected chi connectivity index (χ3v) is 6.21. The van der Waals surface area contributed by atoms with Crippen LogP contribution in [0.15, 0.2) is 48.5 Å². The Hall–Kier alpha value is -3.88. The van der Waals surface area contributed by atoms with Crippen LogP contribution in [0.2, 0.25) is 0 Å². The fraction of sp³-hybridized carbons (Fsp3) is 0.360. The number of carboxylic acid groups (broad SMARTS) is 1. The lowest BCUT2D eigenvalue weighted by molar-refractivity contribution is -0.150. The smallest absolute Gasteiger partial charge is 0.407 e. The summed E-state index contributed by atoms with van der Waals surface area (Å²) < 4.78 is 5.56. The number of rotatable bonds is 8. The third kappa shape index (κ3) is 4.73. The van der Waals surface area contributed by atoms with Crippen molar-refractivity contribution in [3.05, 3.63) is 59.7 Å². The van der Waals surface area contributed by atoms with Gasteiger partial charge in [-0.25, -0.2) is 14.6 Å². The molecule has 2 atom stereocenters. The number of benzene rings is 2. The summed E-state index contributed by atoms with van der Waals surface area (Å²) in [5.74, 6) is -2.45. The van der Waals surface area contributed by atoms with Gasteiger partial charge in [0.05, 0.1) is 6.42 Å². The van der Waals surface area contributed by atoms with Gasteiger partial charge >= 0.3 is 12.1 Å². The minimum atomic E-state index is -1.26. The molecule has 1 fully saturated rings. The Labute approximate surface area is 197 Å². The maximum absolute atomic E-state index is 12.7. The molecule has 178 valence electrons. The lowest BCUT2D eigenvalue weighted by Crippen LogP contribution is -2.49. The van der Waals surface area contributed by atoms with Crippen LogP contribution in [0.4, 0.5) is 4.79 Å². The zero-order chi connectivity index (χ0) is 24.2. The number of carbonyl (C=O) groups is 4. The van der Waals surface area contributed by atoms with Crippen LogP contribution in [-0.2, 0) is 19.1 Å². The molecule has 1 saturated heterocycles. The second-order valence-corrected chi connectivity index (χ2v) is 8.52. The number of fused-ring (bicyclic) bond motifs is 3. The van der Waals surface area contributed by atoms with Crippen LogP contribution in [0.1, 0.15) is 49.7 Å². The Morgan fingerprint density at radius 1 is 1.12 bits per heavy atom. The van der Waals surface area contributed by atoms with Crippen molar-refractivity contribution < 1.29 is 29.0 Å². The predicted molar refractivity (Wildman–Crippen MR) is 123 cm³/mol. The van der Waals surface area contributed by atoms with Crippen LogP contribution < -0.4 is 10.7 Å². The molecule has 0 radical (unpaired) electrons. The van der Waals surface area contributed by atoms with Crippen LogP contribution in [0.3, 0.4) is 0 Å². The van der Waals surface area contributed by atoms with Crippen molar-refractivity contribution in [1.82, 2.24) is 15.8 Å². The molecule has 1 aliphatic heterocycles. The maximum Gasteiger partial charge on any atom is 0.407 e. The summed E-state index contributed by atoms with van der Waals surface area (Å²) in [7, 11) is 0. The standard InChI is InChI=1S/C25H27N3O6/c1-2-7-15(12-23(30)28-21(24(31)32)13-22(29)27-28)26-25(33)34-14-20-18-10-5-3-8-16(18)17-9-4-6-11-19(17)20/h3-6,8-11,15,20-21H,2,7,12-14H2,1H3,(H,26,33)(H,27,29)(H,31,32)/t15-,21?/m1/s1. The minimum Gasteiger partial charge on any atom is -0.480 e. The average molecular weight is 466 g/mol. The van der Waals surface area contributed by atoms with Crippen molar-refractivity contribution in [1.29, 1.82) is 0 Å². The number of hydrogen-bond acceptors (Lipinski definition) is 5. The molecule has 9 heteroatoms. The molecule has 1 aliphatic carbocycles. The van der Waals surface area contributed by atoms with Gasteiger partial charge in [-0.2, -0.15) is 0 Å². The maximum atomic E-state index is 12.7. The summed E-state index contributed by atoms with van der Waals surface area (Å²) in [6.45, 7) is 2.06. The quantitative estimate of drug-likeness (QED) is 0.551. The lowest BCUT2D eigenvalue weighted by atomic mass is 9.98. The molecule has 9 nitrogen and oxygen atoms in total. The van der Waals surface area contributed by atoms with E-state index in [1.54, 1.807) is 0 Å². The van der Waals surface area contributed by atoms with Crippen LogP contribution in [0.25, 0.3) is 11.1 Å². The molecule has 3 N–H and O–H groups in total. The van der Waals surface area contributed by atoms with E-state index in [1.807, 2.05) is 43.3 Å². The molecular weight excluding hydrogens is 438 g/mol. The summed E-state index contributed by atoms with van der Waals surface area (Å²) in [5.41, 5.74) is 6.74. The number of carbonyl (C=O) groups excluding carboxylic acids is 3. The second kappa shape index (κ2) is 9.94. The van der Waals surface area contributed by atoms with E-state index in [9.17, 15) is 24.3 Å². The van der Waals surface area contributed by atoms with Crippen molar-refractivity contribution >= 4 is 23.9 Å². The van der Waals surface area contributed by atoms with Crippen molar-refractivity contribution in [2.24, 2.45) is 0 Å². The normalized spacial score (nSPS) is 17.5. The van der Waals surface area contributed by atoms with E-state index < -0.39 is 36.0 Å². The molecule has 0 bridgehead atoms. The van der Waals surface area contributed by atoms with E-state index in [4.69, 9.17) is 4.74 Å². The summed E-state index contributed by atoms with van der Waals surface area (Å²) in [5, 5.41) is 12.8. The minimum absolute atomic E-state index is 0.0828. The third-order valence-electron chi connectivity index (χ3n) is 6.21. The molecule has 2 aromatic carbocycles.